The molecule has 1 fully saturated rings. The van der Waals surface area contributed by atoms with Crippen LogP contribution in [-0.2, 0) is 10.5 Å². The number of thioether (sulfide) groups is 1. The van der Waals surface area contributed by atoms with Crippen LogP contribution in [0.15, 0.2) is 47.5 Å². The highest BCUT2D eigenvalue weighted by molar-refractivity contribution is 14.0. The van der Waals surface area contributed by atoms with Crippen LogP contribution in [-0.4, -0.2) is 49.5 Å². The highest BCUT2D eigenvalue weighted by Crippen LogP contribution is 2.22. The number of ether oxygens (including phenoxy) is 1. The summed E-state index contributed by atoms with van der Waals surface area (Å²) in [6.45, 7) is 3.94. The molecule has 1 saturated heterocycles. The maximum absolute atomic E-state index is 6.03. The van der Waals surface area contributed by atoms with E-state index in [-0.39, 0.29) is 24.0 Å². The number of rotatable bonds is 5. The van der Waals surface area contributed by atoms with Gasteiger partial charge in [0.15, 0.2) is 5.96 Å². The second-order valence-electron chi connectivity index (χ2n) is 5.53. The summed E-state index contributed by atoms with van der Waals surface area (Å²) in [7, 11) is 0. The summed E-state index contributed by atoms with van der Waals surface area (Å²) < 4.78 is 5.32. The van der Waals surface area contributed by atoms with Crippen molar-refractivity contribution in [1.82, 2.24) is 4.90 Å². The molecule has 0 spiro atoms. The van der Waals surface area contributed by atoms with Crippen LogP contribution in [0.1, 0.15) is 5.56 Å². The maximum Gasteiger partial charge on any atom is 0.191 e. The van der Waals surface area contributed by atoms with Gasteiger partial charge in [-0.2, -0.15) is 11.8 Å². The normalized spacial score (nSPS) is 15.3. The second-order valence-corrected chi connectivity index (χ2v) is 6.64. The van der Waals surface area contributed by atoms with Gasteiger partial charge in [-0.15, -0.1) is 24.0 Å². The van der Waals surface area contributed by atoms with E-state index in [1.54, 1.807) is 0 Å². The number of aliphatic imine (C=N–C) groups is 1. The van der Waals surface area contributed by atoms with E-state index in [0.29, 0.717) is 5.96 Å². The molecule has 1 heterocycles. The van der Waals surface area contributed by atoms with Gasteiger partial charge in [-0.1, -0.05) is 42.5 Å². The van der Waals surface area contributed by atoms with Gasteiger partial charge in [0, 0.05) is 24.6 Å². The minimum absolute atomic E-state index is 0. The van der Waals surface area contributed by atoms with Crippen molar-refractivity contribution < 1.29 is 4.74 Å². The first-order valence-corrected chi connectivity index (χ1v) is 9.17. The maximum atomic E-state index is 6.03. The summed E-state index contributed by atoms with van der Waals surface area (Å²) >= 11 is 1.90. The Bertz CT molecular complexity index is 669. The molecule has 24 heavy (non-hydrogen) atoms. The quantitative estimate of drug-likeness (QED) is 0.324. The molecule has 0 aromatic heterocycles. The van der Waals surface area contributed by atoms with Crippen molar-refractivity contribution in [3.63, 3.8) is 0 Å². The summed E-state index contributed by atoms with van der Waals surface area (Å²) in [6, 6.07) is 15.0. The Labute approximate surface area is 164 Å². The van der Waals surface area contributed by atoms with Crippen molar-refractivity contribution in [2.75, 3.05) is 38.6 Å². The second kappa shape index (κ2) is 10.1. The van der Waals surface area contributed by atoms with Crippen molar-refractivity contribution in [1.29, 1.82) is 0 Å². The summed E-state index contributed by atoms with van der Waals surface area (Å²) in [5.74, 6) is 2.64. The van der Waals surface area contributed by atoms with Crippen LogP contribution in [0.5, 0.6) is 0 Å². The number of hydrogen-bond donors (Lipinski definition) is 1. The van der Waals surface area contributed by atoms with Gasteiger partial charge in [-0.3, -0.25) is 4.99 Å². The Kier molecular flexibility index (Phi) is 8.14. The highest BCUT2D eigenvalue weighted by Gasteiger charge is 2.11. The first kappa shape index (κ1) is 19.3. The molecule has 1 aliphatic heterocycles. The Morgan fingerprint density at radius 1 is 1.12 bits per heavy atom. The molecule has 0 unspecified atom stereocenters. The monoisotopic (exact) mass is 457 g/mol. The molecule has 2 aromatic rings. The first-order chi connectivity index (χ1) is 11.3. The van der Waals surface area contributed by atoms with Crippen molar-refractivity contribution >= 4 is 52.5 Å². The van der Waals surface area contributed by atoms with Crippen LogP contribution >= 0.6 is 35.7 Å². The average Bonchev–Trinajstić information content (AvgIpc) is 2.62. The fourth-order valence-electron chi connectivity index (χ4n) is 2.72. The van der Waals surface area contributed by atoms with Crippen LogP contribution in [0.25, 0.3) is 10.8 Å². The zero-order chi connectivity index (χ0) is 15.9. The topological polar surface area (TPSA) is 50.8 Å². The van der Waals surface area contributed by atoms with Gasteiger partial charge in [-0.05, 0) is 16.3 Å². The predicted octanol–water partition coefficient (Wildman–Crippen LogP) is 3.34. The molecule has 2 aromatic carbocycles. The van der Waals surface area contributed by atoms with E-state index in [4.69, 9.17) is 10.5 Å². The molecule has 0 radical (unpaired) electrons. The number of nitrogens with two attached hydrogens (primary N) is 1. The average molecular weight is 457 g/mol. The van der Waals surface area contributed by atoms with Gasteiger partial charge in [0.05, 0.1) is 19.8 Å². The Morgan fingerprint density at radius 3 is 2.71 bits per heavy atom. The molecule has 3 rings (SSSR count). The van der Waals surface area contributed by atoms with Crippen molar-refractivity contribution in [3.8, 4) is 0 Å². The summed E-state index contributed by atoms with van der Waals surface area (Å²) in [5, 5.41) is 2.65. The standard InChI is InChI=1S/C18H23N3OS.HI/c19-18(21-9-11-22-12-10-21)20-8-13-23-14-16-6-3-5-15-4-1-2-7-17(15)16;/h1-7H,8-14H2,(H2,19,20);1H. The Morgan fingerprint density at radius 2 is 1.88 bits per heavy atom. The lowest BCUT2D eigenvalue weighted by molar-refractivity contribution is 0.0674. The molecule has 1 aliphatic rings. The zero-order valence-electron chi connectivity index (χ0n) is 13.7. The zero-order valence-corrected chi connectivity index (χ0v) is 16.8. The van der Waals surface area contributed by atoms with E-state index in [1.165, 1.54) is 16.3 Å². The molecule has 130 valence electrons. The molecular weight excluding hydrogens is 433 g/mol. The number of guanidine groups is 1. The Balaban J connectivity index is 0.00000208. The lowest BCUT2D eigenvalue weighted by atomic mass is 10.1. The van der Waals surface area contributed by atoms with Gasteiger partial charge >= 0.3 is 0 Å². The Hall–Kier alpha value is -0.990. The predicted molar refractivity (Wildman–Crippen MR) is 114 cm³/mol. The summed E-state index contributed by atoms with van der Waals surface area (Å²) in [5.41, 5.74) is 7.41. The van der Waals surface area contributed by atoms with E-state index in [0.717, 1.165) is 44.4 Å². The van der Waals surface area contributed by atoms with E-state index in [2.05, 4.69) is 52.4 Å². The lowest BCUT2D eigenvalue weighted by Gasteiger charge is -2.27. The van der Waals surface area contributed by atoms with Crippen LogP contribution in [0, 0.1) is 0 Å². The molecule has 0 atom stereocenters. The molecule has 2 N–H and O–H groups in total. The van der Waals surface area contributed by atoms with E-state index in [1.807, 2.05) is 11.8 Å². The van der Waals surface area contributed by atoms with Crippen molar-refractivity contribution in [2.24, 2.45) is 10.7 Å². The first-order valence-electron chi connectivity index (χ1n) is 8.01. The van der Waals surface area contributed by atoms with E-state index in [9.17, 15) is 0 Å². The highest BCUT2D eigenvalue weighted by atomic mass is 127. The molecule has 4 nitrogen and oxygen atoms in total. The number of morpholine rings is 1. The van der Waals surface area contributed by atoms with Gasteiger partial charge in [-0.25, -0.2) is 0 Å². The van der Waals surface area contributed by atoms with Crippen molar-refractivity contribution in [3.05, 3.63) is 48.0 Å². The SMILES string of the molecule is I.NC(=NCCSCc1cccc2ccccc12)N1CCOCC1. The van der Waals surface area contributed by atoms with Crippen LogP contribution in [0.2, 0.25) is 0 Å². The van der Waals surface area contributed by atoms with Gasteiger partial charge in [0.1, 0.15) is 0 Å². The van der Waals surface area contributed by atoms with Crippen molar-refractivity contribution in [2.45, 2.75) is 5.75 Å². The molecule has 6 heteroatoms. The molecule has 0 amide bonds. The lowest BCUT2D eigenvalue weighted by Crippen LogP contribution is -2.44. The minimum atomic E-state index is 0. The molecular formula is C18H24IN3OS. The fraction of sp³-hybridized carbons (Fsp3) is 0.389. The largest absolute Gasteiger partial charge is 0.378 e. The number of fused-ring (bicyclic) bond motifs is 1. The minimum Gasteiger partial charge on any atom is -0.378 e. The van der Waals surface area contributed by atoms with Crippen LogP contribution in [0.4, 0.5) is 0 Å². The molecule has 0 saturated carbocycles. The molecule has 0 aliphatic carbocycles. The third kappa shape index (κ3) is 5.26. The number of hydrogen-bond acceptors (Lipinski definition) is 3. The number of benzene rings is 2. The summed E-state index contributed by atoms with van der Waals surface area (Å²) in [4.78, 5) is 6.58. The third-order valence-electron chi connectivity index (χ3n) is 3.98. The van der Waals surface area contributed by atoms with E-state index >= 15 is 0 Å². The smallest absolute Gasteiger partial charge is 0.191 e. The fourth-order valence-corrected chi connectivity index (χ4v) is 3.55. The number of nitrogens with zero attached hydrogens (tertiary/aromatic N) is 2. The van der Waals surface area contributed by atoms with Gasteiger partial charge in [0.2, 0.25) is 0 Å². The van der Waals surface area contributed by atoms with Gasteiger partial charge < -0.3 is 15.4 Å². The van der Waals surface area contributed by atoms with E-state index < -0.39 is 0 Å². The molecule has 0 bridgehead atoms. The summed E-state index contributed by atoms with van der Waals surface area (Å²) in [6.07, 6.45) is 0. The van der Waals surface area contributed by atoms with Crippen LogP contribution in [0.3, 0.4) is 0 Å². The number of halogens is 1. The van der Waals surface area contributed by atoms with Gasteiger partial charge in [0.25, 0.3) is 0 Å². The third-order valence-corrected chi connectivity index (χ3v) is 4.97. The van der Waals surface area contributed by atoms with Crippen LogP contribution < -0.4 is 5.73 Å².